The van der Waals surface area contributed by atoms with Crippen molar-refractivity contribution in [2.24, 2.45) is 5.92 Å². The van der Waals surface area contributed by atoms with E-state index in [4.69, 9.17) is 14.2 Å². The second kappa shape index (κ2) is 10.1. The highest BCUT2D eigenvalue weighted by atomic mass is 19.2. The first-order chi connectivity index (χ1) is 16.3. The molecule has 2 aliphatic rings. The van der Waals surface area contributed by atoms with Crippen LogP contribution in [-0.2, 0) is 15.9 Å². The number of hydrogen-bond donors (Lipinski definition) is 0. The van der Waals surface area contributed by atoms with Crippen LogP contribution in [0.25, 0.3) is 11.1 Å². The third-order valence-corrected chi connectivity index (χ3v) is 6.52. The number of hydrogen-bond acceptors (Lipinski definition) is 3. The molecular formula is C28H29F3O3. The van der Waals surface area contributed by atoms with Crippen LogP contribution in [0.15, 0.2) is 66.4 Å². The van der Waals surface area contributed by atoms with Crippen LogP contribution in [0.1, 0.15) is 49.8 Å². The average Bonchev–Trinajstić information content (AvgIpc) is 2.86. The number of benzene rings is 2. The summed E-state index contributed by atoms with van der Waals surface area (Å²) in [5, 5.41) is 0. The van der Waals surface area contributed by atoms with Crippen LogP contribution in [-0.4, -0.2) is 13.7 Å². The predicted octanol–water partition coefficient (Wildman–Crippen LogP) is 7.73. The van der Waals surface area contributed by atoms with E-state index in [1.807, 2.05) is 12.1 Å². The predicted molar refractivity (Wildman–Crippen MR) is 126 cm³/mol. The zero-order valence-electron chi connectivity index (χ0n) is 19.6. The maximum atomic E-state index is 15.0. The van der Waals surface area contributed by atoms with Gasteiger partial charge in [0.2, 0.25) is 11.6 Å². The van der Waals surface area contributed by atoms with Crippen LogP contribution >= 0.6 is 0 Å². The molecule has 2 heterocycles. The molecule has 0 aliphatic carbocycles. The van der Waals surface area contributed by atoms with Crippen molar-refractivity contribution in [1.82, 2.24) is 0 Å². The Hall–Kier alpha value is -2.99. The zero-order chi connectivity index (χ0) is 24.4. The Bertz CT molecular complexity index is 1130. The van der Waals surface area contributed by atoms with Gasteiger partial charge in [-0.2, -0.15) is 8.78 Å². The number of ether oxygens (including phenoxy) is 3. The lowest BCUT2D eigenvalue weighted by Crippen LogP contribution is -2.20. The Morgan fingerprint density at radius 1 is 1.15 bits per heavy atom. The van der Waals surface area contributed by atoms with E-state index in [9.17, 15) is 8.78 Å². The number of rotatable bonds is 6. The quantitative estimate of drug-likeness (QED) is 0.404. The van der Waals surface area contributed by atoms with Gasteiger partial charge in [-0.05, 0) is 47.9 Å². The van der Waals surface area contributed by atoms with Crippen LogP contribution < -0.4 is 4.74 Å². The minimum absolute atomic E-state index is 0.0194. The molecule has 2 aromatic rings. The molecule has 4 rings (SSSR count). The first kappa shape index (κ1) is 24.1. The molecule has 0 amide bonds. The van der Waals surface area contributed by atoms with Gasteiger partial charge in [0.1, 0.15) is 0 Å². The van der Waals surface area contributed by atoms with Crippen LogP contribution in [0.4, 0.5) is 13.2 Å². The largest absolute Gasteiger partial charge is 0.494 e. The Labute approximate surface area is 198 Å². The minimum Gasteiger partial charge on any atom is -0.494 e. The van der Waals surface area contributed by atoms with Gasteiger partial charge >= 0.3 is 0 Å². The van der Waals surface area contributed by atoms with Gasteiger partial charge in [0.25, 0.3) is 0 Å². The summed E-state index contributed by atoms with van der Waals surface area (Å²) in [6.45, 7) is 10.2. The second-order valence-electron chi connectivity index (χ2n) is 8.87. The van der Waals surface area contributed by atoms with E-state index in [1.165, 1.54) is 19.6 Å². The van der Waals surface area contributed by atoms with Gasteiger partial charge in [-0.25, -0.2) is 4.39 Å². The van der Waals surface area contributed by atoms with Crippen molar-refractivity contribution in [3.8, 4) is 16.9 Å². The van der Waals surface area contributed by atoms with E-state index in [0.29, 0.717) is 17.0 Å². The highest BCUT2D eigenvalue weighted by Gasteiger charge is 2.30. The SMILES string of the molecule is C=C(OC)/C(F)=C1/Oc2c(cc(-c3ccc(C4CCC(CCC)CO4)cc3)c(F)c2F)CC1=C. The van der Waals surface area contributed by atoms with Crippen LogP contribution in [0.2, 0.25) is 0 Å². The Morgan fingerprint density at radius 2 is 1.88 bits per heavy atom. The van der Waals surface area contributed by atoms with Crippen LogP contribution in [0.5, 0.6) is 5.75 Å². The number of methoxy groups -OCH3 is 1. The van der Waals surface area contributed by atoms with E-state index in [-0.39, 0.29) is 40.9 Å². The monoisotopic (exact) mass is 470 g/mol. The van der Waals surface area contributed by atoms with Crippen molar-refractivity contribution in [2.75, 3.05) is 13.7 Å². The van der Waals surface area contributed by atoms with Crippen LogP contribution in [0.3, 0.4) is 0 Å². The van der Waals surface area contributed by atoms with E-state index >= 15 is 4.39 Å². The van der Waals surface area contributed by atoms with Crippen molar-refractivity contribution in [1.29, 1.82) is 0 Å². The van der Waals surface area contributed by atoms with Crippen molar-refractivity contribution < 1.29 is 27.4 Å². The lowest BCUT2D eigenvalue weighted by atomic mass is 9.90. The number of fused-ring (bicyclic) bond motifs is 1. The summed E-state index contributed by atoms with van der Waals surface area (Å²) in [4.78, 5) is 0. The van der Waals surface area contributed by atoms with Crippen molar-refractivity contribution in [3.63, 3.8) is 0 Å². The molecular weight excluding hydrogens is 441 g/mol. The zero-order valence-corrected chi connectivity index (χ0v) is 19.6. The summed E-state index contributed by atoms with van der Waals surface area (Å²) in [6, 6.07) is 8.87. The molecule has 0 bridgehead atoms. The van der Waals surface area contributed by atoms with Gasteiger partial charge in [-0.3, -0.25) is 0 Å². The first-order valence-electron chi connectivity index (χ1n) is 11.6. The van der Waals surface area contributed by atoms with Gasteiger partial charge < -0.3 is 14.2 Å². The molecule has 0 saturated carbocycles. The standard InChI is InChI=1S/C28H29F3O3/c1-5-6-18-7-12-23(33-15-18)20-10-8-19(9-11-20)22-14-21-13-16(2)27(24(29)17(3)32-4)34-28(21)26(31)25(22)30/h8-11,14,18,23H,2-3,5-7,12-13,15H2,1,4H3/b27-24-. The molecule has 1 fully saturated rings. The van der Waals surface area contributed by atoms with Crippen molar-refractivity contribution in [2.45, 2.75) is 45.1 Å². The molecule has 180 valence electrons. The highest BCUT2D eigenvalue weighted by molar-refractivity contribution is 5.68. The molecule has 2 aliphatic heterocycles. The number of allylic oxidation sites excluding steroid dienone is 2. The van der Waals surface area contributed by atoms with E-state index in [1.54, 1.807) is 12.1 Å². The van der Waals surface area contributed by atoms with Gasteiger partial charge in [-0.1, -0.05) is 50.8 Å². The Morgan fingerprint density at radius 3 is 2.50 bits per heavy atom. The summed E-state index contributed by atoms with van der Waals surface area (Å²) in [6.07, 6.45) is 4.54. The van der Waals surface area contributed by atoms with Gasteiger partial charge in [-0.15, -0.1) is 0 Å². The number of halogens is 3. The lowest BCUT2D eigenvalue weighted by molar-refractivity contribution is -0.0194. The molecule has 6 heteroatoms. The van der Waals surface area contributed by atoms with E-state index in [0.717, 1.165) is 31.4 Å². The summed E-state index contributed by atoms with van der Waals surface area (Å²) in [7, 11) is 1.25. The van der Waals surface area contributed by atoms with Gasteiger partial charge in [0.05, 0.1) is 19.8 Å². The molecule has 0 spiro atoms. The normalized spacial score (nSPS) is 21.5. The fraction of sp³-hybridized carbons (Fsp3) is 0.357. The molecule has 2 aromatic carbocycles. The first-order valence-corrected chi connectivity index (χ1v) is 11.6. The van der Waals surface area contributed by atoms with E-state index < -0.39 is 17.5 Å². The summed E-state index contributed by atoms with van der Waals surface area (Å²) < 4.78 is 60.7. The van der Waals surface area contributed by atoms with Crippen LogP contribution in [0, 0.1) is 17.6 Å². The lowest BCUT2D eigenvalue weighted by Gasteiger charge is -2.29. The smallest absolute Gasteiger partial charge is 0.207 e. The third-order valence-electron chi connectivity index (χ3n) is 6.52. The third kappa shape index (κ3) is 4.64. The Balaban J connectivity index is 1.59. The molecule has 2 unspecified atom stereocenters. The van der Waals surface area contributed by atoms with E-state index in [2.05, 4.69) is 20.1 Å². The topological polar surface area (TPSA) is 27.7 Å². The fourth-order valence-corrected chi connectivity index (χ4v) is 4.60. The molecule has 0 radical (unpaired) electrons. The molecule has 3 nitrogen and oxygen atoms in total. The average molecular weight is 471 g/mol. The fourth-order valence-electron chi connectivity index (χ4n) is 4.60. The molecule has 0 N–H and O–H groups in total. The maximum Gasteiger partial charge on any atom is 0.207 e. The molecule has 0 aromatic heterocycles. The molecule has 2 atom stereocenters. The minimum atomic E-state index is -1.17. The van der Waals surface area contributed by atoms with Crippen molar-refractivity contribution in [3.05, 3.63) is 89.2 Å². The second-order valence-corrected chi connectivity index (χ2v) is 8.87. The molecule has 1 saturated heterocycles. The van der Waals surface area contributed by atoms with Gasteiger partial charge in [0, 0.05) is 17.5 Å². The van der Waals surface area contributed by atoms with Gasteiger partial charge in [0.15, 0.2) is 23.1 Å². The summed E-state index contributed by atoms with van der Waals surface area (Å²) in [5.41, 5.74) is 2.35. The Kier molecular flexibility index (Phi) is 7.17. The summed E-state index contributed by atoms with van der Waals surface area (Å²) in [5.74, 6) is -3.44. The maximum absolute atomic E-state index is 15.0. The highest BCUT2D eigenvalue weighted by Crippen LogP contribution is 2.41. The molecule has 34 heavy (non-hydrogen) atoms. The van der Waals surface area contributed by atoms with Crippen molar-refractivity contribution >= 4 is 0 Å². The summed E-state index contributed by atoms with van der Waals surface area (Å²) >= 11 is 0.